The van der Waals surface area contributed by atoms with Gasteiger partial charge in [-0.2, -0.15) is 0 Å². The Bertz CT molecular complexity index is 1320. The third-order valence-electron chi connectivity index (χ3n) is 10.0. The van der Waals surface area contributed by atoms with E-state index < -0.39 is 16.2 Å². The summed E-state index contributed by atoms with van der Waals surface area (Å²) in [7, 11) is 4.30. The lowest BCUT2D eigenvalue weighted by Gasteiger charge is -2.20. The third kappa shape index (κ3) is 3.06. The van der Waals surface area contributed by atoms with Crippen LogP contribution in [-0.2, 0) is 44.8 Å². The highest BCUT2D eigenvalue weighted by Crippen LogP contribution is 2.65. The van der Waals surface area contributed by atoms with Gasteiger partial charge in [0.1, 0.15) is 16.2 Å². The van der Waals surface area contributed by atoms with Gasteiger partial charge in [-0.25, -0.2) is 0 Å². The largest absolute Gasteiger partial charge is 0.468 e. The van der Waals surface area contributed by atoms with E-state index in [1.54, 1.807) is 0 Å². The first-order valence-corrected chi connectivity index (χ1v) is 13.4. The molecule has 6 nitrogen and oxygen atoms in total. The topological polar surface area (TPSA) is 78.9 Å². The molecular weight excluding hydrogens is 492 g/mol. The average Bonchev–Trinajstić information content (AvgIpc) is 3.89. The van der Waals surface area contributed by atoms with Gasteiger partial charge in [0, 0.05) is 17.8 Å². The summed E-state index contributed by atoms with van der Waals surface area (Å²) in [5.41, 5.74) is 3.62. The fourth-order valence-electron chi connectivity index (χ4n) is 7.57. The second kappa shape index (κ2) is 8.04. The molecule has 0 aliphatic heterocycles. The van der Waals surface area contributed by atoms with Crippen molar-refractivity contribution >= 4 is 17.9 Å². The van der Waals surface area contributed by atoms with Crippen molar-refractivity contribution in [3.63, 3.8) is 0 Å². The lowest BCUT2D eigenvalue weighted by molar-refractivity contribution is -0.144. The van der Waals surface area contributed by atoms with E-state index in [1.165, 1.54) is 21.3 Å². The Labute approximate surface area is 227 Å². The quantitative estimate of drug-likeness (QED) is 0.363. The van der Waals surface area contributed by atoms with E-state index in [-0.39, 0.29) is 35.7 Å². The predicted octanol–water partition coefficient (Wildman–Crippen LogP) is 4.79. The van der Waals surface area contributed by atoms with Gasteiger partial charge < -0.3 is 14.2 Å². The molecular formula is C33H30O6. The molecule has 3 fully saturated rings. The first-order chi connectivity index (χ1) is 18.9. The van der Waals surface area contributed by atoms with Gasteiger partial charge in [0.2, 0.25) is 0 Å². The van der Waals surface area contributed by atoms with E-state index in [0.717, 1.165) is 33.4 Å². The molecule has 0 saturated heterocycles. The normalized spacial score (nSPS) is 32.5. The molecule has 0 amide bonds. The third-order valence-corrected chi connectivity index (χ3v) is 10.0. The van der Waals surface area contributed by atoms with Crippen LogP contribution >= 0.6 is 0 Å². The summed E-state index contributed by atoms with van der Waals surface area (Å²) in [6, 6.07) is 24.3. The molecule has 0 spiro atoms. The highest BCUT2D eigenvalue weighted by Gasteiger charge is 2.66. The van der Waals surface area contributed by atoms with Gasteiger partial charge in [0.05, 0.1) is 21.3 Å². The molecule has 3 aromatic carbocycles. The minimum Gasteiger partial charge on any atom is -0.468 e. The Hall–Kier alpha value is -3.93. The maximum absolute atomic E-state index is 13.2. The molecule has 6 atom stereocenters. The second-order valence-electron chi connectivity index (χ2n) is 11.5. The summed E-state index contributed by atoms with van der Waals surface area (Å²) in [5, 5.41) is 0. The molecule has 3 saturated carbocycles. The fourth-order valence-corrected chi connectivity index (χ4v) is 7.57. The zero-order valence-corrected chi connectivity index (χ0v) is 22.2. The predicted molar refractivity (Wildman–Crippen MR) is 142 cm³/mol. The monoisotopic (exact) mass is 522 g/mol. The minimum absolute atomic E-state index is 0.0188. The maximum Gasteiger partial charge on any atom is 0.316 e. The lowest BCUT2D eigenvalue weighted by atomic mass is 9.85. The summed E-state index contributed by atoms with van der Waals surface area (Å²) in [6.45, 7) is 0. The number of ether oxygens (including phenoxy) is 3. The fraction of sp³-hybridized carbons (Fsp3) is 0.364. The van der Waals surface area contributed by atoms with Crippen molar-refractivity contribution in [2.75, 3.05) is 21.3 Å². The van der Waals surface area contributed by atoms with Gasteiger partial charge >= 0.3 is 17.9 Å². The molecule has 3 aromatic rings. The van der Waals surface area contributed by atoms with Gasteiger partial charge in [-0.3, -0.25) is 14.4 Å². The van der Waals surface area contributed by atoms with Crippen molar-refractivity contribution in [3.05, 3.63) is 106 Å². The van der Waals surface area contributed by atoms with Crippen molar-refractivity contribution < 1.29 is 28.6 Å². The smallest absolute Gasteiger partial charge is 0.316 e. The van der Waals surface area contributed by atoms with Gasteiger partial charge in [-0.1, -0.05) is 72.8 Å². The molecule has 0 heterocycles. The van der Waals surface area contributed by atoms with Crippen LogP contribution in [0.15, 0.2) is 72.8 Å². The van der Waals surface area contributed by atoms with E-state index in [0.29, 0.717) is 19.3 Å². The number of carbonyl (C=O) groups is 3. The zero-order valence-electron chi connectivity index (χ0n) is 22.2. The Morgan fingerprint density at radius 3 is 0.923 bits per heavy atom. The van der Waals surface area contributed by atoms with Crippen LogP contribution in [0.2, 0.25) is 0 Å². The first kappa shape index (κ1) is 24.1. The maximum atomic E-state index is 13.2. The van der Waals surface area contributed by atoms with Crippen molar-refractivity contribution in [2.45, 2.75) is 53.3 Å². The molecule has 0 aromatic heterocycles. The molecule has 198 valence electrons. The number of esters is 3. The van der Waals surface area contributed by atoms with E-state index in [4.69, 9.17) is 14.2 Å². The van der Waals surface area contributed by atoms with Crippen molar-refractivity contribution in [2.24, 2.45) is 0 Å². The highest BCUT2D eigenvalue weighted by atomic mass is 16.5. The molecule has 10 rings (SSSR count). The molecule has 7 aliphatic carbocycles. The number of hydrogen-bond acceptors (Lipinski definition) is 6. The molecule has 0 radical (unpaired) electrons. The Kier molecular flexibility index (Phi) is 4.98. The van der Waals surface area contributed by atoms with E-state index in [1.807, 2.05) is 72.8 Å². The van der Waals surface area contributed by atoms with Gasteiger partial charge in [-0.05, 0) is 52.6 Å². The van der Waals surface area contributed by atoms with Crippen LogP contribution in [0.25, 0.3) is 0 Å². The van der Waals surface area contributed by atoms with Crippen LogP contribution in [0.4, 0.5) is 0 Å². The Balaban J connectivity index is 1.40. The number of hydrogen-bond donors (Lipinski definition) is 0. The van der Waals surface area contributed by atoms with Crippen LogP contribution in [0.5, 0.6) is 0 Å². The molecule has 0 unspecified atom stereocenters. The Morgan fingerprint density at radius 1 is 0.487 bits per heavy atom. The van der Waals surface area contributed by atoms with Crippen molar-refractivity contribution in [1.82, 2.24) is 0 Å². The number of methoxy groups -OCH3 is 3. The number of benzene rings is 3. The molecule has 6 bridgehead atoms. The van der Waals surface area contributed by atoms with E-state index in [2.05, 4.69) is 0 Å². The number of fused-ring (bicyclic) bond motifs is 3. The molecule has 6 heteroatoms. The van der Waals surface area contributed by atoms with Crippen molar-refractivity contribution in [3.8, 4) is 0 Å². The summed E-state index contributed by atoms with van der Waals surface area (Å²) < 4.78 is 15.9. The Morgan fingerprint density at radius 2 is 0.718 bits per heavy atom. The lowest BCUT2D eigenvalue weighted by Crippen LogP contribution is -2.26. The summed E-state index contributed by atoms with van der Waals surface area (Å²) in [6.07, 6.45) is 1.97. The minimum atomic E-state index is -0.749. The van der Waals surface area contributed by atoms with Crippen LogP contribution in [0, 0.1) is 0 Å². The van der Waals surface area contributed by atoms with E-state index in [9.17, 15) is 14.4 Å². The standard InChI is InChI=1S/C33H30O6/c1-37-28(34)31-16-25(31)19-6-12-23(13-7-19)32(29(35)38-2)18-27(32)21-8-14-24(15-9-21)33(30(36)39-3)17-26(33)20-4-10-22(31)11-5-20/h4-15,25-27H,16-18H2,1-3H3/t25-,26-,27-,31-,32-,33-/m1/s1. The highest BCUT2D eigenvalue weighted by molar-refractivity contribution is 5.92. The average molecular weight is 523 g/mol. The number of carbonyl (C=O) groups excluding carboxylic acids is 3. The first-order valence-electron chi connectivity index (χ1n) is 13.4. The van der Waals surface area contributed by atoms with Crippen molar-refractivity contribution in [1.29, 1.82) is 0 Å². The number of rotatable bonds is 3. The van der Waals surface area contributed by atoms with Crippen LogP contribution in [-0.4, -0.2) is 39.2 Å². The van der Waals surface area contributed by atoms with Gasteiger partial charge in [0.15, 0.2) is 0 Å². The summed E-state index contributed by atoms with van der Waals surface area (Å²) >= 11 is 0. The van der Waals surface area contributed by atoms with Crippen LogP contribution in [0.1, 0.15) is 70.4 Å². The van der Waals surface area contributed by atoms with Crippen LogP contribution < -0.4 is 0 Å². The van der Waals surface area contributed by atoms with Gasteiger partial charge in [-0.15, -0.1) is 0 Å². The zero-order chi connectivity index (χ0) is 27.2. The second-order valence-corrected chi connectivity index (χ2v) is 11.5. The molecule has 7 aliphatic rings. The summed E-state index contributed by atoms with van der Waals surface area (Å²) in [4.78, 5) is 39.5. The summed E-state index contributed by atoms with van der Waals surface area (Å²) in [5.74, 6) is -0.801. The van der Waals surface area contributed by atoms with Crippen LogP contribution in [0.3, 0.4) is 0 Å². The van der Waals surface area contributed by atoms with Gasteiger partial charge in [0.25, 0.3) is 0 Å². The SMILES string of the molecule is COC(=O)[C@@]12C[C@@H]1c1ccc(cc1)[C@]1(C(=O)OC)C[C@@H]1c1ccc(cc1)[C@]1(C(=O)OC)C[C@@H]1c1ccc2cc1. The van der Waals surface area contributed by atoms with E-state index >= 15 is 0 Å². The molecule has 0 N–H and O–H groups in total. The molecule has 39 heavy (non-hydrogen) atoms.